The zero-order valence-corrected chi connectivity index (χ0v) is 18.1. The van der Waals surface area contributed by atoms with E-state index in [9.17, 15) is 14.9 Å². The molecule has 0 saturated carbocycles. The van der Waals surface area contributed by atoms with Gasteiger partial charge in [0.15, 0.2) is 5.69 Å². The standard InChI is InChI=1S/C27H22N2O4/c1-2-9-22-18-24(19-14-16-23(17-15-19)29(31)32)33-27(30)26(22)28-25(20-10-5-3-6-11-20)21-12-7-4-8-13-21/h3-8,10-18H,2,9H2,1H3. The molecule has 1 heterocycles. The molecular formula is C27H22N2O4. The minimum absolute atomic E-state index is 0.0218. The van der Waals surface area contributed by atoms with Crippen LogP contribution in [-0.4, -0.2) is 10.6 Å². The Bertz CT molecular complexity index is 1300. The number of hydrogen-bond acceptors (Lipinski definition) is 5. The molecule has 0 amide bonds. The number of aryl methyl sites for hydroxylation is 1. The van der Waals surface area contributed by atoms with E-state index in [1.807, 2.05) is 67.6 Å². The molecule has 0 unspecified atom stereocenters. The van der Waals surface area contributed by atoms with Gasteiger partial charge in [-0.05, 0) is 30.2 Å². The van der Waals surface area contributed by atoms with Crippen LogP contribution in [0.4, 0.5) is 11.4 Å². The average molecular weight is 438 g/mol. The van der Waals surface area contributed by atoms with E-state index in [0.717, 1.165) is 23.1 Å². The third kappa shape index (κ3) is 4.96. The van der Waals surface area contributed by atoms with Crippen molar-refractivity contribution in [3.05, 3.63) is 128 Å². The van der Waals surface area contributed by atoms with E-state index in [2.05, 4.69) is 0 Å². The van der Waals surface area contributed by atoms with Gasteiger partial charge in [0.1, 0.15) is 5.76 Å². The molecule has 0 radical (unpaired) electrons. The van der Waals surface area contributed by atoms with E-state index in [0.29, 0.717) is 23.5 Å². The summed E-state index contributed by atoms with van der Waals surface area (Å²) >= 11 is 0. The van der Waals surface area contributed by atoms with Crippen LogP contribution in [0.15, 0.2) is 105 Å². The van der Waals surface area contributed by atoms with Gasteiger partial charge in [-0.25, -0.2) is 9.79 Å². The second-order valence-electron chi connectivity index (χ2n) is 7.52. The predicted molar refractivity (Wildman–Crippen MR) is 129 cm³/mol. The topological polar surface area (TPSA) is 85.7 Å². The number of aliphatic imine (C=N–C) groups is 1. The van der Waals surface area contributed by atoms with Crippen molar-refractivity contribution < 1.29 is 9.34 Å². The summed E-state index contributed by atoms with van der Waals surface area (Å²) in [5, 5.41) is 10.9. The number of non-ortho nitro benzene ring substituents is 1. The molecule has 0 fully saturated rings. The molecule has 6 heteroatoms. The molecule has 6 nitrogen and oxygen atoms in total. The van der Waals surface area contributed by atoms with E-state index < -0.39 is 10.5 Å². The van der Waals surface area contributed by atoms with Crippen molar-refractivity contribution in [1.82, 2.24) is 0 Å². The van der Waals surface area contributed by atoms with Gasteiger partial charge in [0.05, 0.1) is 10.6 Å². The quantitative estimate of drug-likeness (QED) is 0.191. The Hall–Kier alpha value is -4.32. The molecule has 0 aliphatic carbocycles. The molecular weight excluding hydrogens is 416 g/mol. The Labute approximate surface area is 191 Å². The molecule has 4 aromatic rings. The normalized spacial score (nSPS) is 10.6. The number of benzene rings is 3. The van der Waals surface area contributed by atoms with Crippen LogP contribution in [0.5, 0.6) is 0 Å². The van der Waals surface area contributed by atoms with Crippen molar-refractivity contribution in [3.8, 4) is 11.3 Å². The maximum atomic E-state index is 13.1. The van der Waals surface area contributed by atoms with Gasteiger partial charge in [-0.2, -0.15) is 0 Å². The van der Waals surface area contributed by atoms with Gasteiger partial charge in [0.25, 0.3) is 5.69 Å². The zero-order valence-electron chi connectivity index (χ0n) is 18.1. The van der Waals surface area contributed by atoms with Crippen LogP contribution in [0.1, 0.15) is 30.0 Å². The molecule has 3 aromatic carbocycles. The fourth-order valence-corrected chi connectivity index (χ4v) is 3.60. The minimum Gasteiger partial charge on any atom is -0.421 e. The van der Waals surface area contributed by atoms with Gasteiger partial charge in [-0.1, -0.05) is 74.0 Å². The van der Waals surface area contributed by atoms with E-state index in [1.165, 1.54) is 12.1 Å². The molecule has 0 aliphatic rings. The lowest BCUT2D eigenvalue weighted by Crippen LogP contribution is -2.08. The molecule has 164 valence electrons. The van der Waals surface area contributed by atoms with E-state index in [-0.39, 0.29) is 11.4 Å². The summed E-state index contributed by atoms with van der Waals surface area (Å²) < 4.78 is 5.62. The fourth-order valence-electron chi connectivity index (χ4n) is 3.60. The van der Waals surface area contributed by atoms with Crippen molar-refractivity contribution in [3.63, 3.8) is 0 Å². The average Bonchev–Trinajstić information content (AvgIpc) is 2.85. The first-order valence-electron chi connectivity index (χ1n) is 10.7. The SMILES string of the molecule is CCCc1cc(-c2ccc([N+](=O)[O-])cc2)oc(=O)c1N=C(c1ccccc1)c1ccccc1. The van der Waals surface area contributed by atoms with Gasteiger partial charge in [0, 0.05) is 28.8 Å². The third-order valence-electron chi connectivity index (χ3n) is 5.21. The molecule has 1 aromatic heterocycles. The fraction of sp³-hybridized carbons (Fsp3) is 0.111. The van der Waals surface area contributed by atoms with Crippen LogP contribution >= 0.6 is 0 Å². The van der Waals surface area contributed by atoms with Crippen molar-refractivity contribution >= 4 is 17.1 Å². The molecule has 0 aliphatic heterocycles. The van der Waals surface area contributed by atoms with Crippen molar-refractivity contribution in [2.75, 3.05) is 0 Å². The van der Waals surface area contributed by atoms with Crippen molar-refractivity contribution in [2.24, 2.45) is 4.99 Å². The van der Waals surface area contributed by atoms with E-state index in [4.69, 9.17) is 9.41 Å². The summed E-state index contributed by atoms with van der Waals surface area (Å²) in [6.07, 6.45) is 1.46. The van der Waals surface area contributed by atoms with Crippen LogP contribution in [0, 0.1) is 10.1 Å². The van der Waals surface area contributed by atoms with Gasteiger partial charge < -0.3 is 4.42 Å². The monoisotopic (exact) mass is 438 g/mol. The van der Waals surface area contributed by atoms with E-state index in [1.54, 1.807) is 18.2 Å². The number of hydrogen-bond donors (Lipinski definition) is 0. The number of nitrogens with zero attached hydrogens (tertiary/aromatic N) is 2. The molecule has 0 spiro atoms. The minimum atomic E-state index is -0.543. The highest BCUT2D eigenvalue weighted by Crippen LogP contribution is 2.27. The van der Waals surface area contributed by atoms with Crippen molar-refractivity contribution in [2.45, 2.75) is 19.8 Å². The van der Waals surface area contributed by atoms with Crippen LogP contribution in [0.3, 0.4) is 0 Å². The lowest BCUT2D eigenvalue weighted by Gasteiger charge is -2.11. The summed E-state index contributed by atoms with van der Waals surface area (Å²) in [4.78, 5) is 28.4. The molecule has 33 heavy (non-hydrogen) atoms. The number of nitro benzene ring substituents is 1. The summed E-state index contributed by atoms with van der Waals surface area (Å²) in [5.74, 6) is 0.360. The highest BCUT2D eigenvalue weighted by atomic mass is 16.6. The Morgan fingerprint density at radius 1 is 0.909 bits per heavy atom. The summed E-state index contributed by atoms with van der Waals surface area (Å²) in [7, 11) is 0. The second kappa shape index (κ2) is 9.87. The maximum Gasteiger partial charge on any atom is 0.362 e. The lowest BCUT2D eigenvalue weighted by atomic mass is 10.0. The van der Waals surface area contributed by atoms with Gasteiger partial charge in [-0.3, -0.25) is 10.1 Å². The van der Waals surface area contributed by atoms with Gasteiger partial charge in [0.2, 0.25) is 0 Å². The Morgan fingerprint density at radius 2 is 1.48 bits per heavy atom. The van der Waals surface area contributed by atoms with Crippen LogP contribution < -0.4 is 5.63 Å². The highest BCUT2D eigenvalue weighted by Gasteiger charge is 2.16. The first-order chi connectivity index (χ1) is 16.1. The summed E-state index contributed by atoms with van der Waals surface area (Å²) in [6, 6.07) is 27.2. The number of rotatable bonds is 7. The summed E-state index contributed by atoms with van der Waals surface area (Å²) in [6.45, 7) is 2.03. The molecule has 0 saturated heterocycles. The predicted octanol–water partition coefficient (Wildman–Crippen LogP) is 6.34. The highest BCUT2D eigenvalue weighted by molar-refractivity contribution is 6.14. The van der Waals surface area contributed by atoms with Crippen molar-refractivity contribution in [1.29, 1.82) is 0 Å². The third-order valence-corrected chi connectivity index (χ3v) is 5.21. The van der Waals surface area contributed by atoms with Crippen LogP contribution in [0.25, 0.3) is 11.3 Å². The zero-order chi connectivity index (χ0) is 23.2. The lowest BCUT2D eigenvalue weighted by molar-refractivity contribution is -0.384. The van der Waals surface area contributed by atoms with Crippen LogP contribution in [0.2, 0.25) is 0 Å². The molecule has 0 atom stereocenters. The Kier molecular flexibility index (Phi) is 6.55. The summed E-state index contributed by atoms with van der Waals surface area (Å²) in [5.41, 5.74) is 3.54. The van der Waals surface area contributed by atoms with Crippen LogP contribution in [-0.2, 0) is 6.42 Å². The Balaban J connectivity index is 1.86. The Morgan fingerprint density at radius 3 is 2.00 bits per heavy atom. The molecule has 0 N–H and O–H groups in total. The molecule has 0 bridgehead atoms. The maximum absolute atomic E-state index is 13.1. The number of nitro groups is 1. The molecule has 4 rings (SSSR count). The largest absolute Gasteiger partial charge is 0.421 e. The van der Waals surface area contributed by atoms with Gasteiger partial charge >= 0.3 is 5.63 Å². The second-order valence-corrected chi connectivity index (χ2v) is 7.52. The first kappa shape index (κ1) is 21.9. The first-order valence-corrected chi connectivity index (χ1v) is 10.7. The smallest absolute Gasteiger partial charge is 0.362 e. The van der Waals surface area contributed by atoms with Gasteiger partial charge in [-0.15, -0.1) is 0 Å². The van der Waals surface area contributed by atoms with E-state index >= 15 is 0 Å².